The average Bonchev–Trinajstić information content (AvgIpc) is 2.66. The molecule has 0 aliphatic rings. The van der Waals surface area contributed by atoms with E-state index in [-0.39, 0.29) is 25.7 Å². The van der Waals surface area contributed by atoms with Crippen molar-refractivity contribution in [2.24, 2.45) is 0 Å². The van der Waals surface area contributed by atoms with Crippen molar-refractivity contribution in [2.45, 2.75) is 25.7 Å². The highest BCUT2D eigenvalue weighted by Gasteiger charge is 2.01. The zero-order valence-corrected chi connectivity index (χ0v) is 17.2. The highest BCUT2D eigenvalue weighted by Crippen LogP contribution is 2.06. The molecule has 0 spiro atoms. The molecule has 12 nitrogen and oxygen atoms in total. The smallest absolute Gasteiger partial charge is 0.303 e. The van der Waals surface area contributed by atoms with Gasteiger partial charge in [0.05, 0.1) is 25.7 Å². The number of nitrogens with two attached hydrogens (primary N) is 4. The van der Waals surface area contributed by atoms with E-state index in [4.69, 9.17) is 43.4 Å². The first-order valence-corrected chi connectivity index (χ1v) is 8.92. The molecular weight excluding hydrogens is 424 g/mol. The third kappa shape index (κ3) is 23.6. The van der Waals surface area contributed by atoms with Crippen LogP contribution in [0.2, 0.25) is 0 Å². The van der Waals surface area contributed by atoms with Crippen LogP contribution in [0.1, 0.15) is 25.7 Å². The molecule has 2 rings (SSSR count). The van der Waals surface area contributed by atoms with Gasteiger partial charge in [-0.1, -0.05) is 12.1 Å². The van der Waals surface area contributed by atoms with Gasteiger partial charge in [0, 0.05) is 22.7 Å². The Bertz CT molecular complexity index is 740. The maximum Gasteiger partial charge on any atom is 0.303 e. The van der Waals surface area contributed by atoms with E-state index in [1.165, 1.54) is 0 Å². The monoisotopic (exact) mass is 452 g/mol. The summed E-state index contributed by atoms with van der Waals surface area (Å²) in [6.07, 6.45) is -1.19. The molecule has 0 aliphatic heterocycles. The number of aliphatic carboxylic acids is 4. The number of nitrogen functional groups attached to an aromatic ring is 4. The number of hydrogen-bond donors (Lipinski definition) is 8. The number of carboxylic acid groups (broad SMARTS) is 4. The number of carboxylic acids is 4. The Labute approximate surface area is 184 Å². The van der Waals surface area contributed by atoms with Gasteiger partial charge in [0.1, 0.15) is 0 Å². The van der Waals surface area contributed by atoms with Crippen LogP contribution < -0.4 is 22.9 Å². The van der Waals surface area contributed by atoms with Gasteiger partial charge in [-0.05, 0) is 36.4 Å². The normalized spacial score (nSPS) is 8.75. The largest absolute Gasteiger partial charge is 0.481 e. The van der Waals surface area contributed by atoms with E-state index in [9.17, 15) is 19.2 Å². The van der Waals surface area contributed by atoms with Gasteiger partial charge in [0.2, 0.25) is 0 Å². The van der Waals surface area contributed by atoms with Crippen molar-refractivity contribution in [1.82, 2.24) is 0 Å². The van der Waals surface area contributed by atoms with Crippen molar-refractivity contribution in [3.63, 3.8) is 0 Å². The van der Waals surface area contributed by atoms with Crippen molar-refractivity contribution >= 4 is 46.6 Å². The van der Waals surface area contributed by atoms with Crippen molar-refractivity contribution in [3.05, 3.63) is 48.5 Å². The predicted molar refractivity (Wildman–Crippen MR) is 120 cm³/mol. The fourth-order valence-corrected chi connectivity index (χ4v) is 1.55. The summed E-state index contributed by atoms with van der Waals surface area (Å²) >= 11 is 0. The summed E-state index contributed by atoms with van der Waals surface area (Å²) in [4.78, 5) is 38.6. The van der Waals surface area contributed by atoms with E-state index >= 15 is 0 Å². The van der Waals surface area contributed by atoms with Crippen LogP contribution >= 0.6 is 0 Å². The van der Waals surface area contributed by atoms with E-state index < -0.39 is 23.9 Å². The molecule has 0 aliphatic carbocycles. The van der Waals surface area contributed by atoms with E-state index in [0.29, 0.717) is 22.7 Å². The molecule has 12 heteroatoms. The molecule has 0 amide bonds. The lowest BCUT2D eigenvalue weighted by molar-refractivity contribution is -0.143. The summed E-state index contributed by atoms with van der Waals surface area (Å²) in [5, 5.41) is 31.6. The topological polar surface area (TPSA) is 253 Å². The van der Waals surface area contributed by atoms with Crippen LogP contribution in [0, 0.1) is 0 Å². The predicted octanol–water partition coefficient (Wildman–Crippen LogP) is 1.57. The molecule has 0 heterocycles. The summed E-state index contributed by atoms with van der Waals surface area (Å²) in [5.74, 6) is -4.31. The summed E-state index contributed by atoms with van der Waals surface area (Å²) in [7, 11) is 0. The number of benzene rings is 2. The fourth-order valence-electron chi connectivity index (χ4n) is 1.55. The Morgan fingerprint density at radius 1 is 0.500 bits per heavy atom. The molecule has 2 aromatic carbocycles. The minimum absolute atomic E-state index is 0.296. The molecule has 0 saturated carbocycles. The van der Waals surface area contributed by atoms with E-state index in [1.54, 1.807) is 36.4 Å². The van der Waals surface area contributed by atoms with Gasteiger partial charge in [-0.2, -0.15) is 0 Å². The van der Waals surface area contributed by atoms with Crippen LogP contribution in [0.3, 0.4) is 0 Å². The molecule has 0 unspecified atom stereocenters. The first-order valence-electron chi connectivity index (χ1n) is 8.92. The molecule has 0 fully saturated rings. The van der Waals surface area contributed by atoms with Crippen LogP contribution in [-0.4, -0.2) is 44.3 Å². The SMILES string of the molecule is Nc1cccc(N)c1.Nc1cccc(N)c1.O=C(O)CCC(=O)O.O=C(O)CCC(=O)O. The molecule has 0 saturated heterocycles. The first-order chi connectivity index (χ1) is 14.8. The molecule has 32 heavy (non-hydrogen) atoms. The van der Waals surface area contributed by atoms with Gasteiger partial charge in [-0.25, -0.2) is 0 Å². The molecule has 2 aromatic rings. The fraction of sp³-hybridized carbons (Fsp3) is 0.200. The number of carbonyl (C=O) groups is 4. The summed E-state index contributed by atoms with van der Waals surface area (Å²) in [5.41, 5.74) is 24.4. The van der Waals surface area contributed by atoms with Gasteiger partial charge >= 0.3 is 23.9 Å². The van der Waals surface area contributed by atoms with Gasteiger partial charge in [-0.3, -0.25) is 19.2 Å². The van der Waals surface area contributed by atoms with Crippen molar-refractivity contribution in [3.8, 4) is 0 Å². The van der Waals surface area contributed by atoms with Gasteiger partial charge in [-0.15, -0.1) is 0 Å². The Kier molecular flexibility index (Phi) is 16.1. The van der Waals surface area contributed by atoms with Crippen LogP contribution in [0.4, 0.5) is 22.7 Å². The van der Waals surface area contributed by atoms with E-state index in [2.05, 4.69) is 0 Å². The molecule has 0 aromatic heterocycles. The summed E-state index contributed by atoms with van der Waals surface area (Å²) < 4.78 is 0. The van der Waals surface area contributed by atoms with E-state index in [0.717, 1.165) is 0 Å². The number of rotatable bonds is 6. The number of anilines is 4. The van der Waals surface area contributed by atoms with Gasteiger partial charge < -0.3 is 43.4 Å². The lowest BCUT2D eigenvalue weighted by Gasteiger charge is -1.91. The maximum atomic E-state index is 9.64. The number of hydrogen-bond acceptors (Lipinski definition) is 8. The van der Waals surface area contributed by atoms with Gasteiger partial charge in [0.25, 0.3) is 0 Å². The lowest BCUT2D eigenvalue weighted by atomic mass is 10.3. The minimum Gasteiger partial charge on any atom is -0.481 e. The van der Waals surface area contributed by atoms with Gasteiger partial charge in [0.15, 0.2) is 0 Å². The quantitative estimate of drug-likeness (QED) is 0.291. The standard InChI is InChI=1S/2C6H8N2.2C4H6O4/c2*7-5-2-1-3-6(8)4-5;2*5-3(6)1-2-4(7)8/h2*1-4H,7-8H2;2*1-2H2,(H,5,6)(H,7,8). The summed E-state index contributed by atoms with van der Waals surface area (Å²) in [6.45, 7) is 0. The first kappa shape index (κ1) is 29.7. The van der Waals surface area contributed by atoms with Crippen LogP contribution in [0.15, 0.2) is 48.5 Å². The average molecular weight is 452 g/mol. The second kappa shape index (κ2) is 17.4. The Morgan fingerprint density at radius 2 is 0.688 bits per heavy atom. The minimum atomic E-state index is -1.08. The maximum absolute atomic E-state index is 9.64. The Balaban J connectivity index is 0. The lowest BCUT2D eigenvalue weighted by Crippen LogP contribution is -2.00. The second-order valence-electron chi connectivity index (χ2n) is 5.92. The van der Waals surface area contributed by atoms with Crippen molar-refractivity contribution in [1.29, 1.82) is 0 Å². The third-order valence-corrected chi connectivity index (χ3v) is 2.93. The van der Waals surface area contributed by atoms with Crippen LogP contribution in [0.5, 0.6) is 0 Å². The molecule has 0 atom stereocenters. The Morgan fingerprint density at radius 3 is 0.781 bits per heavy atom. The zero-order valence-electron chi connectivity index (χ0n) is 17.2. The molecular formula is C20H28N4O8. The van der Waals surface area contributed by atoms with Crippen molar-refractivity contribution in [2.75, 3.05) is 22.9 Å². The molecule has 0 radical (unpaired) electrons. The highest BCUT2D eigenvalue weighted by molar-refractivity contribution is 5.75. The Hall–Kier alpha value is -4.48. The highest BCUT2D eigenvalue weighted by atomic mass is 16.4. The summed E-state index contributed by atoms with van der Waals surface area (Å²) in [6, 6.07) is 14.3. The second-order valence-corrected chi connectivity index (χ2v) is 5.92. The van der Waals surface area contributed by atoms with E-state index in [1.807, 2.05) is 12.1 Å². The molecule has 176 valence electrons. The van der Waals surface area contributed by atoms with Crippen LogP contribution in [-0.2, 0) is 19.2 Å². The van der Waals surface area contributed by atoms with Crippen LogP contribution in [0.25, 0.3) is 0 Å². The third-order valence-electron chi connectivity index (χ3n) is 2.93. The zero-order chi connectivity index (χ0) is 25.1. The van der Waals surface area contributed by atoms with Crippen molar-refractivity contribution < 1.29 is 39.6 Å². The molecule has 12 N–H and O–H groups in total. The molecule has 0 bridgehead atoms.